The van der Waals surface area contributed by atoms with Crippen LogP contribution in [0.5, 0.6) is 0 Å². The second-order valence-corrected chi connectivity index (χ2v) is 5.84. The summed E-state index contributed by atoms with van der Waals surface area (Å²) in [5.74, 6) is -1.31. The minimum Gasteiger partial charge on any atom is -0.479 e. The molecule has 2 aromatic rings. The Morgan fingerprint density at radius 3 is 2.38 bits per heavy atom. The number of ether oxygens (including phenoxy) is 1. The van der Waals surface area contributed by atoms with Gasteiger partial charge < -0.3 is 15.2 Å². The number of nitrogens with one attached hydrogen (secondary N) is 1. The van der Waals surface area contributed by atoms with Crippen molar-refractivity contribution in [1.82, 2.24) is 0 Å². The highest BCUT2D eigenvalue weighted by atomic mass is 16.5. The van der Waals surface area contributed by atoms with Crippen LogP contribution in [0, 0.1) is 0 Å². The number of rotatable bonds is 5. The second-order valence-electron chi connectivity index (χ2n) is 5.84. The quantitative estimate of drug-likeness (QED) is 0.886. The molecule has 124 valence electrons. The normalized spacial score (nSPS) is 19.8. The van der Waals surface area contributed by atoms with Crippen LogP contribution in [-0.2, 0) is 20.7 Å². The predicted octanol–water partition coefficient (Wildman–Crippen LogP) is 2.85. The molecule has 0 aromatic heterocycles. The van der Waals surface area contributed by atoms with Crippen LogP contribution < -0.4 is 5.32 Å². The Morgan fingerprint density at radius 1 is 1.00 bits per heavy atom. The summed E-state index contributed by atoms with van der Waals surface area (Å²) in [6.07, 6.45) is -0.111. The van der Waals surface area contributed by atoms with Gasteiger partial charge in [-0.1, -0.05) is 48.5 Å². The molecule has 0 saturated carbocycles. The summed E-state index contributed by atoms with van der Waals surface area (Å²) < 4.78 is 5.30. The molecule has 2 N–H and O–H groups in total. The van der Waals surface area contributed by atoms with Crippen molar-refractivity contribution in [2.75, 3.05) is 5.32 Å². The molecule has 3 rings (SSSR count). The molecule has 1 aliphatic heterocycles. The van der Waals surface area contributed by atoms with Gasteiger partial charge in [-0.15, -0.1) is 0 Å². The van der Waals surface area contributed by atoms with E-state index in [2.05, 4.69) is 5.32 Å². The molecule has 0 bridgehead atoms. The van der Waals surface area contributed by atoms with Gasteiger partial charge in [-0.2, -0.15) is 0 Å². The number of aliphatic carboxylic acids is 1. The Hall–Kier alpha value is -2.66. The molecule has 1 amide bonds. The van der Waals surface area contributed by atoms with Crippen LogP contribution in [-0.4, -0.2) is 29.2 Å². The van der Waals surface area contributed by atoms with Crippen molar-refractivity contribution in [1.29, 1.82) is 0 Å². The molecular formula is C19H19NO4. The van der Waals surface area contributed by atoms with Crippen LogP contribution in [0.25, 0.3) is 0 Å². The van der Waals surface area contributed by atoms with Gasteiger partial charge in [0.1, 0.15) is 6.10 Å². The van der Waals surface area contributed by atoms with E-state index in [1.54, 1.807) is 0 Å². The number of benzene rings is 2. The summed E-state index contributed by atoms with van der Waals surface area (Å²) in [5, 5.41) is 11.8. The predicted molar refractivity (Wildman–Crippen MR) is 89.9 cm³/mol. The van der Waals surface area contributed by atoms with Gasteiger partial charge in [-0.3, -0.25) is 4.79 Å². The molecule has 0 aliphatic carbocycles. The Kier molecular flexibility index (Phi) is 4.91. The van der Waals surface area contributed by atoms with Crippen LogP contribution >= 0.6 is 0 Å². The first kappa shape index (κ1) is 16.2. The van der Waals surface area contributed by atoms with Gasteiger partial charge in [0, 0.05) is 5.69 Å². The first-order valence-corrected chi connectivity index (χ1v) is 7.94. The third kappa shape index (κ3) is 3.81. The Balaban J connectivity index is 1.69. The van der Waals surface area contributed by atoms with Crippen molar-refractivity contribution in [3.63, 3.8) is 0 Å². The fourth-order valence-electron chi connectivity index (χ4n) is 2.84. The molecule has 2 aromatic carbocycles. The zero-order chi connectivity index (χ0) is 16.9. The molecule has 1 saturated heterocycles. The number of amides is 1. The lowest BCUT2D eigenvalue weighted by atomic mass is 10.0. The molecule has 0 spiro atoms. The summed E-state index contributed by atoms with van der Waals surface area (Å²) in [5.41, 5.74) is 2.89. The van der Waals surface area contributed by atoms with E-state index < -0.39 is 18.2 Å². The standard InChI is InChI=1S/C19H19NO4/c21-18(16-10-11-17(24-16)19(22)23)20-15-9-5-4-8-14(15)12-13-6-2-1-3-7-13/h1-9,16-17H,10-12H2,(H,20,21)(H,22,23)/t16-,17+/m0/s1. The molecule has 5 heteroatoms. The van der Waals surface area contributed by atoms with Gasteiger partial charge in [0.25, 0.3) is 5.91 Å². The van der Waals surface area contributed by atoms with Gasteiger partial charge >= 0.3 is 5.97 Å². The van der Waals surface area contributed by atoms with E-state index in [9.17, 15) is 9.59 Å². The Labute approximate surface area is 140 Å². The van der Waals surface area contributed by atoms with Gasteiger partial charge in [0.05, 0.1) is 0 Å². The zero-order valence-electron chi connectivity index (χ0n) is 13.1. The van der Waals surface area contributed by atoms with Crippen LogP contribution in [0.15, 0.2) is 54.6 Å². The van der Waals surface area contributed by atoms with Crippen molar-refractivity contribution in [3.05, 3.63) is 65.7 Å². The number of carbonyl (C=O) groups excluding carboxylic acids is 1. The fraction of sp³-hybridized carbons (Fsp3) is 0.263. The van der Waals surface area contributed by atoms with Gasteiger partial charge in [-0.05, 0) is 36.5 Å². The third-order valence-electron chi connectivity index (χ3n) is 4.10. The molecular weight excluding hydrogens is 306 g/mol. The van der Waals surface area contributed by atoms with Crippen LogP contribution in [0.3, 0.4) is 0 Å². The Morgan fingerprint density at radius 2 is 1.67 bits per heavy atom. The molecule has 1 fully saturated rings. The molecule has 5 nitrogen and oxygen atoms in total. The van der Waals surface area contributed by atoms with E-state index in [4.69, 9.17) is 9.84 Å². The van der Waals surface area contributed by atoms with E-state index in [0.717, 1.165) is 16.8 Å². The number of anilines is 1. The highest BCUT2D eigenvalue weighted by Gasteiger charge is 2.34. The highest BCUT2D eigenvalue weighted by Crippen LogP contribution is 2.23. The topological polar surface area (TPSA) is 75.6 Å². The fourth-order valence-corrected chi connectivity index (χ4v) is 2.84. The largest absolute Gasteiger partial charge is 0.479 e. The lowest BCUT2D eigenvalue weighted by Crippen LogP contribution is -2.30. The second kappa shape index (κ2) is 7.27. The number of carbonyl (C=O) groups is 2. The van der Waals surface area contributed by atoms with E-state index in [0.29, 0.717) is 19.3 Å². The van der Waals surface area contributed by atoms with Gasteiger partial charge in [-0.25, -0.2) is 4.79 Å². The molecule has 2 atom stereocenters. The zero-order valence-corrected chi connectivity index (χ0v) is 13.1. The van der Waals surface area contributed by atoms with E-state index >= 15 is 0 Å². The molecule has 1 aliphatic rings. The van der Waals surface area contributed by atoms with Crippen molar-refractivity contribution in [2.24, 2.45) is 0 Å². The van der Waals surface area contributed by atoms with Crippen LogP contribution in [0.1, 0.15) is 24.0 Å². The minimum absolute atomic E-state index is 0.292. The monoisotopic (exact) mass is 325 g/mol. The first-order valence-electron chi connectivity index (χ1n) is 7.94. The maximum absolute atomic E-state index is 12.4. The number of carboxylic acids is 1. The third-order valence-corrected chi connectivity index (χ3v) is 4.10. The molecule has 0 unspecified atom stereocenters. The number of hydrogen-bond acceptors (Lipinski definition) is 3. The highest BCUT2D eigenvalue weighted by molar-refractivity contribution is 5.95. The van der Waals surface area contributed by atoms with Crippen molar-refractivity contribution < 1.29 is 19.4 Å². The van der Waals surface area contributed by atoms with Crippen LogP contribution in [0.2, 0.25) is 0 Å². The van der Waals surface area contributed by atoms with E-state index in [1.165, 1.54) is 0 Å². The molecule has 1 heterocycles. The minimum atomic E-state index is -1.02. The maximum atomic E-state index is 12.4. The van der Waals surface area contributed by atoms with Crippen molar-refractivity contribution in [2.45, 2.75) is 31.5 Å². The van der Waals surface area contributed by atoms with Gasteiger partial charge in [0.15, 0.2) is 6.10 Å². The smallest absolute Gasteiger partial charge is 0.332 e. The summed E-state index contributed by atoms with van der Waals surface area (Å²) in [6.45, 7) is 0. The summed E-state index contributed by atoms with van der Waals surface area (Å²) in [7, 11) is 0. The van der Waals surface area contributed by atoms with Gasteiger partial charge in [0.2, 0.25) is 0 Å². The van der Waals surface area contributed by atoms with Crippen LogP contribution in [0.4, 0.5) is 5.69 Å². The lowest BCUT2D eigenvalue weighted by Gasteiger charge is -2.15. The van der Waals surface area contributed by atoms with Crippen molar-refractivity contribution >= 4 is 17.6 Å². The molecule has 0 radical (unpaired) electrons. The lowest BCUT2D eigenvalue weighted by molar-refractivity contribution is -0.150. The number of carboxylic acid groups (broad SMARTS) is 1. The summed E-state index contributed by atoms with van der Waals surface area (Å²) >= 11 is 0. The Bertz CT molecular complexity index is 729. The maximum Gasteiger partial charge on any atom is 0.332 e. The average Bonchev–Trinajstić information content (AvgIpc) is 3.08. The first-order chi connectivity index (χ1) is 11.6. The number of hydrogen-bond donors (Lipinski definition) is 2. The SMILES string of the molecule is O=C(Nc1ccccc1Cc1ccccc1)[C@@H]1CC[C@H](C(=O)O)O1. The van der Waals surface area contributed by atoms with Crippen molar-refractivity contribution in [3.8, 4) is 0 Å². The molecule has 24 heavy (non-hydrogen) atoms. The summed E-state index contributed by atoms with van der Waals surface area (Å²) in [4.78, 5) is 23.3. The number of para-hydroxylation sites is 1. The van der Waals surface area contributed by atoms with E-state index in [1.807, 2.05) is 54.6 Å². The van der Waals surface area contributed by atoms with E-state index in [-0.39, 0.29) is 5.91 Å². The average molecular weight is 325 g/mol. The summed E-state index contributed by atoms with van der Waals surface area (Å²) in [6, 6.07) is 17.6.